The molecule has 142 valence electrons. The van der Waals surface area contributed by atoms with Crippen LogP contribution in [-0.4, -0.2) is 35.2 Å². The minimum Gasteiger partial charge on any atom is -0.473 e. The van der Waals surface area contributed by atoms with Crippen LogP contribution >= 0.6 is 15.9 Å². The molecular weight excluding hydrogens is 406 g/mol. The second-order valence-corrected chi connectivity index (χ2v) is 8.09. The standard InChI is InChI=1S/C21H24BrN3O2/c1-2-17-8-9-18(14-23)25(17)20(26)15-24-21(12-4-3-5-13-21)27-19-10-6-16(22)7-11-19/h1,6-7,10-11,17-18,24H,3-5,8-9,12-13,15H2/t17-,18-/m0/s1. The summed E-state index contributed by atoms with van der Waals surface area (Å²) < 4.78 is 7.30. The normalized spacial score (nSPS) is 24.0. The van der Waals surface area contributed by atoms with Gasteiger partial charge in [0.2, 0.25) is 5.91 Å². The first-order valence-electron chi connectivity index (χ1n) is 9.43. The van der Waals surface area contributed by atoms with E-state index in [-0.39, 0.29) is 18.5 Å². The Labute approximate surface area is 169 Å². The highest BCUT2D eigenvalue weighted by Gasteiger charge is 2.39. The third kappa shape index (κ3) is 4.64. The molecule has 5 nitrogen and oxygen atoms in total. The van der Waals surface area contributed by atoms with E-state index >= 15 is 0 Å². The topological polar surface area (TPSA) is 65.4 Å². The van der Waals surface area contributed by atoms with Gasteiger partial charge in [-0.3, -0.25) is 10.1 Å². The number of nitrogens with zero attached hydrogens (tertiary/aromatic N) is 2. The lowest BCUT2D eigenvalue weighted by molar-refractivity contribution is -0.133. The van der Waals surface area contributed by atoms with Gasteiger partial charge in [0.25, 0.3) is 0 Å². The van der Waals surface area contributed by atoms with Crippen LogP contribution in [0.25, 0.3) is 0 Å². The van der Waals surface area contributed by atoms with Gasteiger partial charge in [0.1, 0.15) is 11.8 Å². The zero-order valence-electron chi connectivity index (χ0n) is 15.3. The van der Waals surface area contributed by atoms with Crippen LogP contribution in [0, 0.1) is 23.7 Å². The molecule has 0 radical (unpaired) electrons. The van der Waals surface area contributed by atoms with E-state index in [1.54, 1.807) is 4.90 Å². The molecule has 0 bridgehead atoms. The number of likely N-dealkylation sites (tertiary alicyclic amines) is 1. The fourth-order valence-electron chi connectivity index (χ4n) is 3.94. The number of carbonyl (C=O) groups is 1. The van der Waals surface area contributed by atoms with Gasteiger partial charge in [-0.15, -0.1) is 6.42 Å². The molecule has 1 aliphatic heterocycles. The predicted octanol–water partition coefficient (Wildman–Crippen LogP) is 3.59. The molecular formula is C21H24BrN3O2. The van der Waals surface area contributed by atoms with Gasteiger partial charge in [0.05, 0.1) is 18.7 Å². The molecule has 0 spiro atoms. The Morgan fingerprint density at radius 1 is 1.26 bits per heavy atom. The maximum atomic E-state index is 12.8. The Morgan fingerprint density at radius 2 is 1.93 bits per heavy atom. The molecule has 0 aromatic heterocycles. The zero-order valence-corrected chi connectivity index (χ0v) is 16.9. The van der Waals surface area contributed by atoms with Crippen LogP contribution in [-0.2, 0) is 4.79 Å². The molecule has 1 amide bonds. The number of rotatable bonds is 5. The van der Waals surface area contributed by atoms with Crippen molar-refractivity contribution in [3.05, 3.63) is 28.7 Å². The number of amides is 1. The van der Waals surface area contributed by atoms with Gasteiger partial charge in [-0.05, 0) is 49.9 Å². The lowest BCUT2D eigenvalue weighted by Crippen LogP contribution is -2.55. The fraction of sp³-hybridized carbons (Fsp3) is 0.524. The van der Waals surface area contributed by atoms with Crippen LogP contribution in [0.2, 0.25) is 0 Å². The highest BCUT2D eigenvalue weighted by Crippen LogP contribution is 2.32. The second kappa shape index (κ2) is 8.78. The molecule has 2 aliphatic rings. The maximum Gasteiger partial charge on any atom is 0.238 e. The molecule has 0 unspecified atom stereocenters. The first kappa shape index (κ1) is 19.7. The van der Waals surface area contributed by atoms with Crippen molar-refractivity contribution >= 4 is 21.8 Å². The van der Waals surface area contributed by atoms with Gasteiger partial charge in [-0.1, -0.05) is 28.3 Å². The SMILES string of the molecule is C#C[C@H]1CC[C@@H](C#N)N1C(=O)CNC1(Oc2ccc(Br)cc2)CCCCC1. The minimum absolute atomic E-state index is 0.118. The summed E-state index contributed by atoms with van der Waals surface area (Å²) in [5.41, 5.74) is -0.560. The molecule has 1 saturated carbocycles. The summed E-state index contributed by atoms with van der Waals surface area (Å²) in [5, 5.41) is 12.7. The summed E-state index contributed by atoms with van der Waals surface area (Å²) >= 11 is 3.43. The molecule has 27 heavy (non-hydrogen) atoms. The van der Waals surface area contributed by atoms with Crippen molar-refractivity contribution in [2.75, 3.05) is 6.54 Å². The van der Waals surface area contributed by atoms with Crippen LogP contribution < -0.4 is 10.1 Å². The van der Waals surface area contributed by atoms with Crippen molar-refractivity contribution in [1.29, 1.82) is 5.26 Å². The Morgan fingerprint density at radius 3 is 2.56 bits per heavy atom. The molecule has 1 aliphatic carbocycles. The molecule has 1 heterocycles. The Hall–Kier alpha value is -2.02. The van der Waals surface area contributed by atoms with Gasteiger partial charge in [-0.2, -0.15) is 5.26 Å². The van der Waals surface area contributed by atoms with E-state index in [9.17, 15) is 10.1 Å². The number of ether oxygens (including phenoxy) is 1. The number of halogens is 1. The fourth-order valence-corrected chi connectivity index (χ4v) is 4.21. The smallest absolute Gasteiger partial charge is 0.238 e. The summed E-state index contributed by atoms with van der Waals surface area (Å²) in [7, 11) is 0. The van der Waals surface area contributed by atoms with Crippen molar-refractivity contribution in [3.8, 4) is 24.2 Å². The van der Waals surface area contributed by atoms with Gasteiger partial charge in [0, 0.05) is 17.3 Å². The molecule has 6 heteroatoms. The number of hydrogen-bond acceptors (Lipinski definition) is 4. The second-order valence-electron chi connectivity index (χ2n) is 7.17. The third-order valence-corrected chi connectivity index (χ3v) is 5.89. The Bertz CT molecular complexity index is 722. The zero-order chi connectivity index (χ0) is 19.3. The quantitative estimate of drug-likeness (QED) is 0.573. The highest BCUT2D eigenvalue weighted by atomic mass is 79.9. The first-order valence-corrected chi connectivity index (χ1v) is 10.2. The summed E-state index contributed by atoms with van der Waals surface area (Å²) in [5.74, 6) is 3.28. The molecule has 1 aromatic rings. The van der Waals surface area contributed by atoms with Gasteiger partial charge < -0.3 is 9.64 Å². The maximum absolute atomic E-state index is 12.8. The van der Waals surface area contributed by atoms with Crippen LogP contribution in [0.1, 0.15) is 44.9 Å². The predicted molar refractivity (Wildman–Crippen MR) is 107 cm³/mol. The van der Waals surface area contributed by atoms with E-state index < -0.39 is 11.8 Å². The number of terminal acetylenes is 1. The minimum atomic E-state index is -0.560. The van der Waals surface area contributed by atoms with E-state index in [1.165, 1.54) is 6.42 Å². The number of benzene rings is 1. The van der Waals surface area contributed by atoms with Crippen molar-refractivity contribution in [2.45, 2.75) is 62.8 Å². The van der Waals surface area contributed by atoms with Crippen molar-refractivity contribution in [1.82, 2.24) is 10.2 Å². The lowest BCUT2D eigenvalue weighted by Gasteiger charge is -2.39. The van der Waals surface area contributed by atoms with Gasteiger partial charge in [-0.25, -0.2) is 0 Å². The van der Waals surface area contributed by atoms with Crippen molar-refractivity contribution in [3.63, 3.8) is 0 Å². The van der Waals surface area contributed by atoms with Crippen molar-refractivity contribution in [2.24, 2.45) is 0 Å². The number of carbonyl (C=O) groups excluding carboxylic acids is 1. The summed E-state index contributed by atoms with van der Waals surface area (Å²) in [4.78, 5) is 14.4. The molecule has 3 rings (SSSR count). The number of nitriles is 1. The van der Waals surface area contributed by atoms with Gasteiger partial charge >= 0.3 is 0 Å². The largest absolute Gasteiger partial charge is 0.473 e. The summed E-state index contributed by atoms with van der Waals surface area (Å²) in [6, 6.07) is 9.19. The van der Waals surface area contributed by atoms with Crippen molar-refractivity contribution < 1.29 is 9.53 Å². The summed E-state index contributed by atoms with van der Waals surface area (Å²) in [6.45, 7) is 0.118. The van der Waals surface area contributed by atoms with Crippen LogP contribution in [0.4, 0.5) is 0 Å². The monoisotopic (exact) mass is 429 g/mol. The molecule has 1 saturated heterocycles. The highest BCUT2D eigenvalue weighted by molar-refractivity contribution is 9.10. The molecule has 1 N–H and O–H groups in total. The van der Waals surface area contributed by atoms with E-state index in [0.29, 0.717) is 12.8 Å². The average molecular weight is 430 g/mol. The van der Waals surface area contributed by atoms with Crippen LogP contribution in [0.3, 0.4) is 0 Å². The van der Waals surface area contributed by atoms with E-state index in [0.717, 1.165) is 35.9 Å². The van der Waals surface area contributed by atoms with E-state index in [1.807, 2.05) is 24.3 Å². The average Bonchev–Trinajstić information content (AvgIpc) is 3.12. The van der Waals surface area contributed by atoms with E-state index in [2.05, 4.69) is 33.2 Å². The summed E-state index contributed by atoms with van der Waals surface area (Å²) in [6.07, 6.45) is 11.8. The van der Waals surface area contributed by atoms with Crippen LogP contribution in [0.15, 0.2) is 28.7 Å². The van der Waals surface area contributed by atoms with Crippen LogP contribution in [0.5, 0.6) is 5.75 Å². The van der Waals surface area contributed by atoms with Gasteiger partial charge in [0.15, 0.2) is 5.72 Å². The number of nitrogens with one attached hydrogen (secondary N) is 1. The third-order valence-electron chi connectivity index (χ3n) is 5.36. The molecule has 1 aromatic carbocycles. The Kier molecular flexibility index (Phi) is 6.42. The number of hydrogen-bond donors (Lipinski definition) is 1. The molecule has 2 atom stereocenters. The first-order chi connectivity index (χ1) is 13.1. The lowest BCUT2D eigenvalue weighted by atomic mass is 9.91. The van der Waals surface area contributed by atoms with E-state index in [4.69, 9.17) is 11.2 Å². The molecule has 2 fully saturated rings. The Balaban J connectivity index is 1.69.